The summed E-state index contributed by atoms with van der Waals surface area (Å²) in [5, 5.41) is 11.5. The first-order chi connectivity index (χ1) is 4.30. The molecule has 1 aliphatic heterocycles. The molecule has 0 bridgehead atoms. The van der Waals surface area contributed by atoms with Crippen molar-refractivity contribution in [1.29, 1.82) is 0 Å². The Hall–Kier alpha value is -1.01. The van der Waals surface area contributed by atoms with Crippen molar-refractivity contribution in [2.24, 2.45) is 0 Å². The van der Waals surface area contributed by atoms with E-state index >= 15 is 0 Å². The molecule has 1 aliphatic rings. The van der Waals surface area contributed by atoms with Gasteiger partial charge in [-0.1, -0.05) is 0 Å². The second-order valence-electron chi connectivity index (χ2n) is 2.02. The molecule has 0 aromatic rings. The van der Waals surface area contributed by atoms with E-state index in [2.05, 4.69) is 5.32 Å². The molecule has 0 spiro atoms. The number of hydrogen-bond donors (Lipinski definition) is 2. The zero-order valence-electron chi connectivity index (χ0n) is 8.13. The molecular formula is C5H22N2O8. The summed E-state index contributed by atoms with van der Waals surface area (Å²) in [5.41, 5.74) is 0. The van der Waals surface area contributed by atoms with Crippen molar-refractivity contribution in [2.45, 2.75) is 0 Å². The fourth-order valence-corrected chi connectivity index (χ4v) is 0.856. The quantitative estimate of drug-likeness (QED) is 0.419. The molecule has 1 saturated heterocycles. The highest BCUT2D eigenvalue weighted by molar-refractivity contribution is 5.65. The Kier molecular flexibility index (Phi) is 46.1. The predicted octanol–water partition coefficient (Wildman–Crippen LogP) is -5.38. The van der Waals surface area contributed by atoms with Crippen molar-refractivity contribution < 1.29 is 42.8 Å². The minimum Gasteiger partial charge on any atom is -0.465 e. The van der Waals surface area contributed by atoms with Crippen LogP contribution >= 0.6 is 0 Å². The van der Waals surface area contributed by atoms with E-state index in [0.717, 1.165) is 13.1 Å². The molecule has 15 heavy (non-hydrogen) atoms. The maximum Gasteiger partial charge on any atom is 0.407 e. The molecule has 100 valence electrons. The summed E-state index contributed by atoms with van der Waals surface area (Å²) in [6, 6.07) is 0. The Morgan fingerprint density at radius 1 is 0.933 bits per heavy atom. The van der Waals surface area contributed by atoms with Gasteiger partial charge < -0.3 is 48.2 Å². The molecule has 1 heterocycles. The second-order valence-corrected chi connectivity index (χ2v) is 2.02. The van der Waals surface area contributed by atoms with Gasteiger partial charge in [0.15, 0.2) is 0 Å². The fraction of sp³-hybridized carbons (Fsp3) is 0.800. The summed E-state index contributed by atoms with van der Waals surface area (Å²) in [6.45, 7) is 2.81. The van der Waals surface area contributed by atoms with Crippen LogP contribution < -0.4 is 5.32 Å². The Balaban J connectivity index is -0.0000000337. The van der Waals surface area contributed by atoms with Gasteiger partial charge in [0.05, 0.1) is 0 Å². The third-order valence-corrected chi connectivity index (χ3v) is 1.39. The lowest BCUT2D eigenvalue weighted by molar-refractivity contribution is 0.139. The molecule has 0 aromatic heterocycles. The monoisotopic (exact) mass is 238 g/mol. The molecule has 14 N–H and O–H groups in total. The zero-order valence-corrected chi connectivity index (χ0v) is 8.13. The van der Waals surface area contributed by atoms with Crippen LogP contribution in [0.4, 0.5) is 4.79 Å². The SMILES string of the molecule is O.O.O.O.O.O.O=C(O)N1CCNCC1. The van der Waals surface area contributed by atoms with Crippen molar-refractivity contribution in [2.75, 3.05) is 26.2 Å². The Morgan fingerprint density at radius 3 is 1.47 bits per heavy atom. The van der Waals surface area contributed by atoms with Crippen molar-refractivity contribution in [3.63, 3.8) is 0 Å². The maximum atomic E-state index is 10.3. The highest BCUT2D eigenvalue weighted by atomic mass is 16.4. The van der Waals surface area contributed by atoms with Gasteiger partial charge in [-0.3, -0.25) is 0 Å². The summed E-state index contributed by atoms with van der Waals surface area (Å²) < 4.78 is 0. The van der Waals surface area contributed by atoms with Gasteiger partial charge in [-0.05, 0) is 0 Å². The van der Waals surface area contributed by atoms with Crippen molar-refractivity contribution in [3.8, 4) is 0 Å². The molecule has 10 nitrogen and oxygen atoms in total. The summed E-state index contributed by atoms with van der Waals surface area (Å²) in [6.07, 6.45) is -0.809. The second kappa shape index (κ2) is 18.7. The number of nitrogens with one attached hydrogen (secondary N) is 1. The fourth-order valence-electron chi connectivity index (χ4n) is 0.856. The van der Waals surface area contributed by atoms with Crippen LogP contribution in [0.1, 0.15) is 0 Å². The van der Waals surface area contributed by atoms with Crippen LogP contribution in [0, 0.1) is 0 Å². The summed E-state index contributed by atoms with van der Waals surface area (Å²) in [4.78, 5) is 11.7. The molecule has 1 fully saturated rings. The van der Waals surface area contributed by atoms with E-state index in [1.807, 2.05) is 0 Å². The lowest BCUT2D eigenvalue weighted by Crippen LogP contribution is -2.45. The van der Waals surface area contributed by atoms with E-state index in [4.69, 9.17) is 5.11 Å². The predicted molar refractivity (Wildman–Crippen MR) is 54.2 cm³/mol. The van der Waals surface area contributed by atoms with Gasteiger partial charge in [0.2, 0.25) is 0 Å². The number of carboxylic acid groups (broad SMARTS) is 1. The molecule has 0 saturated carbocycles. The first-order valence-corrected chi connectivity index (χ1v) is 2.99. The van der Waals surface area contributed by atoms with Crippen LogP contribution in [0.15, 0.2) is 0 Å². The number of rotatable bonds is 0. The van der Waals surface area contributed by atoms with E-state index in [0.29, 0.717) is 13.1 Å². The van der Waals surface area contributed by atoms with Crippen molar-refractivity contribution in [3.05, 3.63) is 0 Å². The molecule has 0 aliphatic carbocycles. The third-order valence-electron chi connectivity index (χ3n) is 1.39. The van der Waals surface area contributed by atoms with E-state index in [1.54, 1.807) is 0 Å². The topological polar surface area (TPSA) is 242 Å². The van der Waals surface area contributed by atoms with Gasteiger partial charge in [0.25, 0.3) is 0 Å². The number of hydrogen-bond acceptors (Lipinski definition) is 2. The van der Waals surface area contributed by atoms with Crippen LogP contribution in [0.25, 0.3) is 0 Å². The van der Waals surface area contributed by atoms with Gasteiger partial charge in [-0.2, -0.15) is 0 Å². The highest BCUT2D eigenvalue weighted by Crippen LogP contribution is 1.90. The molecule has 10 heteroatoms. The van der Waals surface area contributed by atoms with Gasteiger partial charge >= 0.3 is 6.09 Å². The van der Waals surface area contributed by atoms with Crippen LogP contribution in [0.3, 0.4) is 0 Å². The van der Waals surface area contributed by atoms with Crippen molar-refractivity contribution in [1.82, 2.24) is 10.2 Å². The summed E-state index contributed by atoms with van der Waals surface area (Å²) >= 11 is 0. The van der Waals surface area contributed by atoms with E-state index < -0.39 is 6.09 Å². The molecular weight excluding hydrogens is 216 g/mol. The highest BCUT2D eigenvalue weighted by Gasteiger charge is 2.13. The minimum absolute atomic E-state index is 0. The Bertz CT molecular complexity index is 118. The molecule has 0 unspecified atom stereocenters. The maximum absolute atomic E-state index is 10.3. The van der Waals surface area contributed by atoms with Gasteiger partial charge in [-0.15, -0.1) is 0 Å². The number of piperazine rings is 1. The lowest BCUT2D eigenvalue weighted by atomic mass is 10.4. The van der Waals surface area contributed by atoms with Gasteiger partial charge in [0, 0.05) is 26.2 Å². The van der Waals surface area contributed by atoms with Gasteiger partial charge in [-0.25, -0.2) is 4.79 Å². The van der Waals surface area contributed by atoms with E-state index in [1.165, 1.54) is 4.90 Å². The first kappa shape index (κ1) is 37.0. The van der Waals surface area contributed by atoms with Crippen LogP contribution in [0.5, 0.6) is 0 Å². The molecule has 0 atom stereocenters. The Labute approximate surface area is 86.3 Å². The van der Waals surface area contributed by atoms with Crippen LogP contribution in [0.2, 0.25) is 0 Å². The average Bonchev–Trinajstić information content (AvgIpc) is 1.90. The largest absolute Gasteiger partial charge is 0.465 e. The molecule has 1 rings (SSSR count). The summed E-state index contributed by atoms with van der Waals surface area (Å²) in [7, 11) is 0. The smallest absolute Gasteiger partial charge is 0.407 e. The first-order valence-electron chi connectivity index (χ1n) is 2.99. The van der Waals surface area contributed by atoms with E-state index in [-0.39, 0.29) is 32.9 Å². The lowest BCUT2D eigenvalue weighted by Gasteiger charge is -2.23. The number of carbonyl (C=O) groups is 1. The van der Waals surface area contributed by atoms with E-state index in [9.17, 15) is 4.79 Å². The molecule has 1 amide bonds. The number of nitrogens with zero attached hydrogens (tertiary/aromatic N) is 1. The molecule has 0 aromatic carbocycles. The third kappa shape index (κ3) is 13.0. The summed E-state index contributed by atoms with van der Waals surface area (Å²) in [5.74, 6) is 0. The zero-order chi connectivity index (χ0) is 6.69. The normalized spacial score (nSPS) is 11.9. The minimum atomic E-state index is -0.809. The average molecular weight is 238 g/mol. The standard InChI is InChI=1S/C5H10N2O2.6H2O/c8-5(9)7-3-1-6-2-4-7;;;;;;/h6H,1-4H2,(H,8,9);6*1H2. The van der Waals surface area contributed by atoms with Crippen molar-refractivity contribution >= 4 is 6.09 Å². The number of amides is 1. The Morgan fingerprint density at radius 2 is 1.27 bits per heavy atom. The molecule has 0 radical (unpaired) electrons. The van der Waals surface area contributed by atoms with Crippen LogP contribution in [-0.2, 0) is 0 Å². The van der Waals surface area contributed by atoms with Gasteiger partial charge in [0.1, 0.15) is 0 Å². The van der Waals surface area contributed by atoms with Crippen LogP contribution in [-0.4, -0.2) is 75.1 Å².